The van der Waals surface area contributed by atoms with Crippen molar-refractivity contribution in [1.29, 1.82) is 0 Å². The fraction of sp³-hybridized carbons (Fsp3) is 1.00. The van der Waals surface area contributed by atoms with Gasteiger partial charge in [0.1, 0.15) is 4.93 Å². The van der Waals surface area contributed by atoms with E-state index in [0.717, 1.165) is 0 Å². The van der Waals surface area contributed by atoms with E-state index in [-0.39, 0.29) is 11.2 Å². The summed E-state index contributed by atoms with van der Waals surface area (Å²) in [6, 6.07) is 0. The third-order valence-electron chi connectivity index (χ3n) is 4.37. The van der Waals surface area contributed by atoms with Crippen LogP contribution in [-0.2, 0) is 18.6 Å². The molecule has 0 N–H and O–H groups in total. The predicted molar refractivity (Wildman–Crippen MR) is 75.5 cm³/mol. The standard InChI is InChI=1S/C11H22B2O4S/c1-8(2)9(3,4)15-12(14-8)13-16-10(5,6)11(7,18)17-13/h18H,1-7H3. The molecule has 4 nitrogen and oxygen atoms in total. The average Bonchev–Trinajstić information content (AvgIpc) is 2.45. The van der Waals surface area contributed by atoms with Gasteiger partial charge in [0.15, 0.2) is 0 Å². The lowest BCUT2D eigenvalue weighted by atomic mass is 9.49. The van der Waals surface area contributed by atoms with Crippen LogP contribution >= 0.6 is 12.6 Å². The highest BCUT2D eigenvalue weighted by atomic mass is 32.1. The smallest absolute Gasteiger partial charge is 0.405 e. The largest absolute Gasteiger partial charge is 0.489 e. The van der Waals surface area contributed by atoms with Crippen molar-refractivity contribution in [3.05, 3.63) is 0 Å². The zero-order valence-electron chi connectivity index (χ0n) is 12.2. The first-order chi connectivity index (χ1) is 7.88. The molecule has 2 rings (SSSR count). The average molecular weight is 272 g/mol. The summed E-state index contributed by atoms with van der Waals surface area (Å²) in [5, 5.41) is 0. The summed E-state index contributed by atoms with van der Waals surface area (Å²) < 4.78 is 23.6. The summed E-state index contributed by atoms with van der Waals surface area (Å²) in [5.41, 5.74) is -1.27. The molecule has 0 saturated carbocycles. The highest BCUT2D eigenvalue weighted by Crippen LogP contribution is 2.44. The molecular weight excluding hydrogens is 250 g/mol. The van der Waals surface area contributed by atoms with Gasteiger partial charge in [0.05, 0.1) is 16.8 Å². The Bertz CT molecular complexity index is 291. The van der Waals surface area contributed by atoms with Gasteiger partial charge in [-0.15, -0.1) is 12.6 Å². The maximum Gasteiger partial charge on any atom is 0.489 e. The lowest BCUT2D eigenvalue weighted by Gasteiger charge is -2.32. The van der Waals surface area contributed by atoms with Crippen molar-refractivity contribution in [2.75, 3.05) is 0 Å². The Hall–Kier alpha value is 0.320. The Morgan fingerprint density at radius 3 is 1.28 bits per heavy atom. The molecule has 2 fully saturated rings. The second kappa shape index (κ2) is 3.92. The number of hydrogen-bond donors (Lipinski definition) is 1. The first-order valence-electron chi connectivity index (χ1n) is 6.32. The molecule has 0 aromatic carbocycles. The molecule has 18 heavy (non-hydrogen) atoms. The van der Waals surface area contributed by atoms with Crippen molar-refractivity contribution < 1.29 is 18.6 Å². The molecule has 0 aromatic heterocycles. The number of thiol groups is 1. The molecule has 2 aliphatic heterocycles. The van der Waals surface area contributed by atoms with Gasteiger partial charge in [-0.2, -0.15) is 0 Å². The van der Waals surface area contributed by atoms with Gasteiger partial charge in [-0.05, 0) is 48.5 Å². The van der Waals surface area contributed by atoms with Crippen LogP contribution in [0.4, 0.5) is 0 Å². The second-order valence-corrected chi connectivity index (χ2v) is 7.58. The van der Waals surface area contributed by atoms with Gasteiger partial charge in [-0.3, -0.25) is 0 Å². The van der Waals surface area contributed by atoms with Crippen molar-refractivity contribution in [2.45, 2.75) is 70.2 Å². The maximum absolute atomic E-state index is 5.93. The van der Waals surface area contributed by atoms with Gasteiger partial charge in [0.25, 0.3) is 0 Å². The summed E-state index contributed by atoms with van der Waals surface area (Å²) in [6.45, 7) is 13.8. The summed E-state index contributed by atoms with van der Waals surface area (Å²) in [7, 11) is -1.08. The van der Waals surface area contributed by atoms with Crippen molar-refractivity contribution in [1.82, 2.24) is 0 Å². The number of rotatable bonds is 1. The molecule has 102 valence electrons. The quantitative estimate of drug-likeness (QED) is 0.586. The summed E-state index contributed by atoms with van der Waals surface area (Å²) in [4.78, 5) is -0.665. The second-order valence-electron chi connectivity index (χ2n) is 6.72. The summed E-state index contributed by atoms with van der Waals surface area (Å²) >= 11 is 4.51. The molecule has 2 aliphatic rings. The highest BCUT2D eigenvalue weighted by Gasteiger charge is 2.64. The molecule has 2 heterocycles. The fourth-order valence-corrected chi connectivity index (χ4v) is 2.06. The van der Waals surface area contributed by atoms with E-state index in [2.05, 4.69) is 12.6 Å². The van der Waals surface area contributed by atoms with E-state index in [1.165, 1.54) is 0 Å². The topological polar surface area (TPSA) is 36.9 Å². The molecule has 0 aromatic rings. The molecule has 0 radical (unpaired) electrons. The lowest BCUT2D eigenvalue weighted by Crippen LogP contribution is -2.41. The zero-order valence-corrected chi connectivity index (χ0v) is 13.1. The van der Waals surface area contributed by atoms with Crippen molar-refractivity contribution >= 4 is 26.6 Å². The molecule has 1 unspecified atom stereocenters. The van der Waals surface area contributed by atoms with Crippen LogP contribution in [0.25, 0.3) is 0 Å². The third kappa shape index (κ3) is 2.14. The maximum atomic E-state index is 5.93. The van der Waals surface area contributed by atoms with Crippen molar-refractivity contribution in [3.63, 3.8) is 0 Å². The molecule has 0 amide bonds. The minimum atomic E-state index is -0.665. The van der Waals surface area contributed by atoms with E-state index < -0.39 is 24.6 Å². The van der Waals surface area contributed by atoms with Crippen LogP contribution in [-0.4, -0.2) is 35.8 Å². The van der Waals surface area contributed by atoms with Crippen molar-refractivity contribution in [3.8, 4) is 0 Å². The van der Waals surface area contributed by atoms with E-state index in [9.17, 15) is 0 Å². The van der Waals surface area contributed by atoms with Gasteiger partial charge in [0.2, 0.25) is 0 Å². The van der Waals surface area contributed by atoms with E-state index >= 15 is 0 Å². The van der Waals surface area contributed by atoms with E-state index in [1.54, 1.807) is 0 Å². The van der Waals surface area contributed by atoms with Crippen LogP contribution in [0, 0.1) is 0 Å². The highest BCUT2D eigenvalue weighted by molar-refractivity contribution is 7.81. The molecule has 0 spiro atoms. The summed E-state index contributed by atoms with van der Waals surface area (Å²) in [5.74, 6) is 0. The minimum Gasteiger partial charge on any atom is -0.405 e. The normalized spacial score (nSPS) is 37.3. The minimum absolute atomic E-state index is 0.385. The van der Waals surface area contributed by atoms with Crippen LogP contribution in [0.15, 0.2) is 0 Å². The van der Waals surface area contributed by atoms with Crippen molar-refractivity contribution in [2.24, 2.45) is 0 Å². The molecule has 0 bridgehead atoms. The van der Waals surface area contributed by atoms with E-state index in [0.29, 0.717) is 0 Å². The Labute approximate surface area is 116 Å². The van der Waals surface area contributed by atoms with Gasteiger partial charge in [-0.25, -0.2) is 0 Å². The predicted octanol–water partition coefficient (Wildman–Crippen LogP) is 2.12. The van der Waals surface area contributed by atoms with Gasteiger partial charge >= 0.3 is 14.0 Å². The monoisotopic (exact) mass is 272 g/mol. The van der Waals surface area contributed by atoms with Gasteiger partial charge in [0, 0.05) is 0 Å². The van der Waals surface area contributed by atoms with Crippen LogP contribution in [0.2, 0.25) is 0 Å². The van der Waals surface area contributed by atoms with E-state index in [4.69, 9.17) is 18.6 Å². The van der Waals surface area contributed by atoms with Gasteiger partial charge < -0.3 is 18.6 Å². The first-order valence-corrected chi connectivity index (χ1v) is 6.76. The molecule has 7 heteroatoms. The summed E-state index contributed by atoms with van der Waals surface area (Å²) in [6.07, 6.45) is 0. The van der Waals surface area contributed by atoms with Gasteiger partial charge in [-0.1, -0.05) is 0 Å². The fourth-order valence-electron chi connectivity index (χ4n) is 1.90. The Morgan fingerprint density at radius 1 is 0.611 bits per heavy atom. The molecular formula is C11H22B2O4S. The lowest BCUT2D eigenvalue weighted by molar-refractivity contribution is 0.00578. The SMILES string of the molecule is CC1(C)OB(B2OC(C)(C)C(C)(S)O2)OC1(C)C. The molecule has 2 saturated heterocycles. The van der Waals surface area contributed by atoms with Crippen LogP contribution in [0.5, 0.6) is 0 Å². The zero-order chi connectivity index (χ0) is 14.0. The van der Waals surface area contributed by atoms with Crippen LogP contribution in [0.1, 0.15) is 48.5 Å². The third-order valence-corrected chi connectivity index (χ3v) is 5.01. The van der Waals surface area contributed by atoms with Crippen LogP contribution < -0.4 is 0 Å². The Balaban J connectivity index is 2.14. The number of hydrogen-bond acceptors (Lipinski definition) is 5. The molecule has 1 atom stereocenters. The van der Waals surface area contributed by atoms with Crippen LogP contribution in [0.3, 0.4) is 0 Å². The van der Waals surface area contributed by atoms with E-state index in [1.807, 2.05) is 48.5 Å². The Morgan fingerprint density at radius 2 is 0.944 bits per heavy atom. The first kappa shape index (κ1) is 14.7. The Kier molecular flexibility index (Phi) is 3.20. The molecule has 0 aliphatic carbocycles.